The molecule has 0 unspecified atom stereocenters. The second kappa shape index (κ2) is 4.93. The van der Waals surface area contributed by atoms with E-state index in [1.807, 2.05) is 0 Å². The quantitative estimate of drug-likeness (QED) is 0.770. The molecular formula is C10H14FNO2. The first-order valence-electron chi connectivity index (χ1n) is 4.33. The highest BCUT2D eigenvalue weighted by atomic mass is 19.1. The molecule has 0 saturated carbocycles. The molecule has 0 aromatic heterocycles. The van der Waals surface area contributed by atoms with E-state index < -0.39 is 5.82 Å². The summed E-state index contributed by atoms with van der Waals surface area (Å²) in [5.74, 6) is -0.934. The van der Waals surface area contributed by atoms with E-state index in [1.165, 1.54) is 13.2 Å². The lowest BCUT2D eigenvalue weighted by molar-refractivity contribution is 0.179. The number of ether oxygens (including phenoxy) is 1. The lowest BCUT2D eigenvalue weighted by Crippen LogP contribution is -2.09. The minimum absolute atomic E-state index is 0.164. The van der Waals surface area contributed by atoms with Gasteiger partial charge in [0.15, 0.2) is 11.6 Å². The molecule has 0 aliphatic rings. The highest BCUT2D eigenvalue weighted by Crippen LogP contribution is 2.23. The van der Waals surface area contributed by atoms with Gasteiger partial charge in [-0.3, -0.25) is 0 Å². The summed E-state index contributed by atoms with van der Waals surface area (Å²) >= 11 is 0. The van der Waals surface area contributed by atoms with E-state index in [4.69, 9.17) is 9.84 Å². The van der Waals surface area contributed by atoms with E-state index in [2.05, 4.69) is 5.32 Å². The molecule has 0 aliphatic heterocycles. The van der Waals surface area contributed by atoms with Gasteiger partial charge in [-0.1, -0.05) is 6.07 Å². The first kappa shape index (κ1) is 10.9. The minimum atomic E-state index is -0.598. The monoisotopic (exact) mass is 199 g/mol. The SMILES string of the molecule is CNCc1ccc(O)c(F)c1COC. The van der Waals surface area contributed by atoms with E-state index in [1.54, 1.807) is 13.1 Å². The highest BCUT2D eigenvalue weighted by Gasteiger charge is 2.11. The molecule has 0 atom stereocenters. The molecule has 0 amide bonds. The Morgan fingerprint density at radius 3 is 2.79 bits per heavy atom. The summed E-state index contributed by atoms with van der Waals surface area (Å²) in [6.07, 6.45) is 0. The van der Waals surface area contributed by atoms with E-state index in [9.17, 15) is 4.39 Å². The minimum Gasteiger partial charge on any atom is -0.505 e. The maximum absolute atomic E-state index is 13.4. The third-order valence-corrected chi connectivity index (χ3v) is 1.98. The molecule has 1 aromatic carbocycles. The maximum Gasteiger partial charge on any atom is 0.170 e. The van der Waals surface area contributed by atoms with Crippen molar-refractivity contribution in [1.29, 1.82) is 0 Å². The van der Waals surface area contributed by atoms with E-state index >= 15 is 0 Å². The van der Waals surface area contributed by atoms with Crippen LogP contribution in [0.2, 0.25) is 0 Å². The molecule has 0 fully saturated rings. The van der Waals surface area contributed by atoms with Gasteiger partial charge in [0.25, 0.3) is 0 Å². The summed E-state index contributed by atoms with van der Waals surface area (Å²) in [6, 6.07) is 3.03. The van der Waals surface area contributed by atoms with E-state index in [0.717, 1.165) is 5.56 Å². The van der Waals surface area contributed by atoms with E-state index in [0.29, 0.717) is 12.1 Å². The van der Waals surface area contributed by atoms with Crippen molar-refractivity contribution >= 4 is 0 Å². The topological polar surface area (TPSA) is 41.5 Å². The van der Waals surface area contributed by atoms with Crippen molar-refractivity contribution in [2.45, 2.75) is 13.2 Å². The van der Waals surface area contributed by atoms with Crippen LogP contribution < -0.4 is 5.32 Å². The molecule has 0 heterocycles. The first-order valence-corrected chi connectivity index (χ1v) is 4.33. The fraction of sp³-hybridized carbons (Fsp3) is 0.400. The van der Waals surface area contributed by atoms with Crippen LogP contribution in [0.1, 0.15) is 11.1 Å². The van der Waals surface area contributed by atoms with Crippen molar-refractivity contribution in [3.05, 3.63) is 29.1 Å². The first-order chi connectivity index (χ1) is 6.70. The molecule has 0 bridgehead atoms. The molecule has 0 saturated heterocycles. The van der Waals surface area contributed by atoms with Gasteiger partial charge < -0.3 is 15.2 Å². The fourth-order valence-corrected chi connectivity index (χ4v) is 1.31. The Morgan fingerprint density at radius 2 is 2.21 bits per heavy atom. The number of phenolic OH excluding ortho intramolecular Hbond substituents is 1. The molecule has 14 heavy (non-hydrogen) atoms. The van der Waals surface area contributed by atoms with Gasteiger partial charge in [0.1, 0.15) is 0 Å². The van der Waals surface area contributed by atoms with Crippen LogP contribution in [-0.4, -0.2) is 19.3 Å². The lowest BCUT2D eigenvalue weighted by Gasteiger charge is -2.10. The molecular weight excluding hydrogens is 185 g/mol. The lowest BCUT2D eigenvalue weighted by atomic mass is 10.1. The number of nitrogens with one attached hydrogen (secondary N) is 1. The van der Waals surface area contributed by atoms with Crippen molar-refractivity contribution in [3.63, 3.8) is 0 Å². The smallest absolute Gasteiger partial charge is 0.170 e. The van der Waals surface area contributed by atoms with Crippen molar-refractivity contribution in [3.8, 4) is 5.75 Å². The molecule has 1 rings (SSSR count). The van der Waals surface area contributed by atoms with Gasteiger partial charge in [0.2, 0.25) is 0 Å². The predicted octanol–water partition coefficient (Wildman–Crippen LogP) is 1.40. The number of hydrogen-bond donors (Lipinski definition) is 2. The van der Waals surface area contributed by atoms with Gasteiger partial charge in [-0.25, -0.2) is 4.39 Å². The van der Waals surface area contributed by atoms with Crippen LogP contribution in [0.15, 0.2) is 12.1 Å². The largest absolute Gasteiger partial charge is 0.505 e. The second-order valence-corrected chi connectivity index (χ2v) is 3.00. The van der Waals surface area contributed by atoms with Crippen molar-refractivity contribution in [2.24, 2.45) is 0 Å². The van der Waals surface area contributed by atoms with Crippen LogP contribution in [-0.2, 0) is 17.9 Å². The van der Waals surface area contributed by atoms with Gasteiger partial charge in [-0.15, -0.1) is 0 Å². The number of halogens is 1. The average Bonchev–Trinajstić information content (AvgIpc) is 2.18. The number of rotatable bonds is 4. The molecule has 1 aromatic rings. The zero-order chi connectivity index (χ0) is 10.6. The standard InChI is InChI=1S/C10H14FNO2/c1-12-5-7-3-4-9(13)10(11)8(7)6-14-2/h3-4,12-13H,5-6H2,1-2H3. The average molecular weight is 199 g/mol. The summed E-state index contributed by atoms with van der Waals surface area (Å²) in [4.78, 5) is 0. The zero-order valence-electron chi connectivity index (χ0n) is 8.30. The summed E-state index contributed by atoms with van der Waals surface area (Å²) in [7, 11) is 3.27. The number of methoxy groups -OCH3 is 1. The number of phenols is 1. The van der Waals surface area contributed by atoms with Gasteiger partial charge in [-0.05, 0) is 18.7 Å². The fourth-order valence-electron chi connectivity index (χ4n) is 1.31. The third-order valence-electron chi connectivity index (χ3n) is 1.98. The molecule has 2 N–H and O–H groups in total. The number of hydrogen-bond acceptors (Lipinski definition) is 3. The Kier molecular flexibility index (Phi) is 3.85. The number of benzene rings is 1. The summed E-state index contributed by atoms with van der Waals surface area (Å²) < 4.78 is 18.3. The van der Waals surface area contributed by atoms with E-state index in [-0.39, 0.29) is 12.4 Å². The second-order valence-electron chi connectivity index (χ2n) is 3.00. The predicted molar refractivity (Wildman–Crippen MR) is 51.5 cm³/mol. The van der Waals surface area contributed by atoms with Crippen LogP contribution in [0.5, 0.6) is 5.75 Å². The molecule has 3 nitrogen and oxygen atoms in total. The Bertz CT molecular complexity index is 315. The molecule has 0 spiro atoms. The summed E-state index contributed by atoms with van der Waals surface area (Å²) in [6.45, 7) is 0.715. The van der Waals surface area contributed by atoms with Crippen LogP contribution in [0.25, 0.3) is 0 Å². The molecule has 0 radical (unpaired) electrons. The Hall–Kier alpha value is -1.13. The van der Waals surface area contributed by atoms with Gasteiger partial charge in [-0.2, -0.15) is 0 Å². The Labute approximate surface area is 82.5 Å². The van der Waals surface area contributed by atoms with Crippen molar-refractivity contribution < 1.29 is 14.2 Å². The van der Waals surface area contributed by atoms with Crippen molar-refractivity contribution in [1.82, 2.24) is 5.32 Å². The summed E-state index contributed by atoms with van der Waals surface area (Å²) in [5, 5.41) is 12.1. The van der Waals surface area contributed by atoms with Crippen LogP contribution >= 0.6 is 0 Å². The Morgan fingerprint density at radius 1 is 1.50 bits per heavy atom. The zero-order valence-corrected chi connectivity index (χ0v) is 8.30. The molecule has 0 aliphatic carbocycles. The van der Waals surface area contributed by atoms with Crippen LogP contribution in [0.3, 0.4) is 0 Å². The van der Waals surface area contributed by atoms with Crippen molar-refractivity contribution in [2.75, 3.05) is 14.2 Å². The highest BCUT2D eigenvalue weighted by molar-refractivity contribution is 5.36. The molecule has 4 heteroatoms. The van der Waals surface area contributed by atoms with Crippen LogP contribution in [0.4, 0.5) is 4.39 Å². The third kappa shape index (κ3) is 2.21. The molecule has 78 valence electrons. The van der Waals surface area contributed by atoms with Gasteiger partial charge in [0, 0.05) is 19.2 Å². The summed E-state index contributed by atoms with van der Waals surface area (Å²) in [5.41, 5.74) is 1.20. The van der Waals surface area contributed by atoms with Crippen LogP contribution in [0, 0.1) is 5.82 Å². The van der Waals surface area contributed by atoms with Gasteiger partial charge >= 0.3 is 0 Å². The number of aromatic hydroxyl groups is 1. The Balaban J connectivity index is 3.08. The maximum atomic E-state index is 13.4. The normalized spacial score (nSPS) is 10.5. The van der Waals surface area contributed by atoms with Gasteiger partial charge in [0.05, 0.1) is 6.61 Å².